The molecule has 1 N–H and O–H groups in total. The van der Waals surface area contributed by atoms with Crippen LogP contribution in [0.1, 0.15) is 5.56 Å². The van der Waals surface area contributed by atoms with E-state index >= 15 is 0 Å². The van der Waals surface area contributed by atoms with Crippen LogP contribution in [0.5, 0.6) is 0 Å². The molecule has 0 aliphatic rings. The van der Waals surface area contributed by atoms with Crippen LogP contribution in [-0.2, 0) is 20.7 Å². The summed E-state index contributed by atoms with van der Waals surface area (Å²) in [7, 11) is 0. The van der Waals surface area contributed by atoms with E-state index in [1.807, 2.05) is 0 Å². The number of anilines is 1. The molecule has 2 aromatic carbocycles. The summed E-state index contributed by atoms with van der Waals surface area (Å²) in [5.74, 6) is -1.59. The molecule has 4 nitrogen and oxygen atoms in total. The van der Waals surface area contributed by atoms with Crippen LogP contribution in [-0.4, -0.2) is 18.5 Å². The molecule has 1 amide bonds. The van der Waals surface area contributed by atoms with Crippen LogP contribution in [0, 0.1) is 5.82 Å². The lowest BCUT2D eigenvalue weighted by atomic mass is 10.1. The molecule has 0 heterocycles. The molecule has 0 spiro atoms. The monoisotopic (exact) mass is 389 g/mol. The maximum atomic E-state index is 12.8. The molecule has 126 valence electrons. The highest BCUT2D eigenvalue weighted by Crippen LogP contribution is 2.32. The summed E-state index contributed by atoms with van der Waals surface area (Å²) >= 11 is 17.6. The van der Waals surface area contributed by atoms with Crippen molar-refractivity contribution in [1.82, 2.24) is 0 Å². The third-order valence-electron chi connectivity index (χ3n) is 2.91. The lowest BCUT2D eigenvalue weighted by Gasteiger charge is -2.09. The molecule has 0 bridgehead atoms. The van der Waals surface area contributed by atoms with E-state index in [4.69, 9.17) is 39.5 Å². The molecule has 0 saturated carbocycles. The molecular formula is C16H11Cl3FNO3. The molecule has 0 aliphatic heterocycles. The van der Waals surface area contributed by atoms with Gasteiger partial charge in [0.25, 0.3) is 5.91 Å². The largest absolute Gasteiger partial charge is 0.455 e. The molecule has 0 fully saturated rings. The number of nitrogens with one attached hydrogen (secondary N) is 1. The van der Waals surface area contributed by atoms with Crippen molar-refractivity contribution in [1.29, 1.82) is 0 Å². The Morgan fingerprint density at radius 1 is 1.00 bits per heavy atom. The van der Waals surface area contributed by atoms with Gasteiger partial charge in [0.15, 0.2) is 6.61 Å². The number of halogens is 4. The summed E-state index contributed by atoms with van der Waals surface area (Å²) < 4.78 is 17.6. The minimum absolute atomic E-state index is 0.0684. The lowest BCUT2D eigenvalue weighted by molar-refractivity contribution is -0.146. The molecule has 24 heavy (non-hydrogen) atoms. The Kier molecular flexibility index (Phi) is 6.43. The maximum Gasteiger partial charge on any atom is 0.310 e. The Morgan fingerprint density at radius 2 is 1.62 bits per heavy atom. The Labute approximate surface area is 152 Å². The van der Waals surface area contributed by atoms with Gasteiger partial charge in [-0.2, -0.15) is 0 Å². The van der Waals surface area contributed by atoms with E-state index in [1.165, 1.54) is 36.4 Å². The predicted octanol–water partition coefficient (Wildman–Crippen LogP) is 4.51. The highest BCUT2D eigenvalue weighted by molar-refractivity contribution is 6.44. The smallest absolute Gasteiger partial charge is 0.310 e. The minimum atomic E-state index is -0.614. The summed E-state index contributed by atoms with van der Waals surface area (Å²) in [6.45, 7) is -0.489. The summed E-state index contributed by atoms with van der Waals surface area (Å²) in [6, 6.07) is 8.19. The molecule has 0 aromatic heterocycles. The molecule has 0 saturated heterocycles. The number of rotatable bonds is 5. The van der Waals surface area contributed by atoms with E-state index in [2.05, 4.69) is 5.32 Å². The molecule has 0 atom stereocenters. The SMILES string of the molecule is O=C(COC(=O)Cc1ccc(F)cc1)Nc1cc(Cl)c(Cl)cc1Cl. The Morgan fingerprint density at radius 3 is 2.29 bits per heavy atom. The van der Waals surface area contributed by atoms with Crippen molar-refractivity contribution in [3.63, 3.8) is 0 Å². The van der Waals surface area contributed by atoms with Crippen molar-refractivity contribution in [2.24, 2.45) is 0 Å². The molecule has 0 unspecified atom stereocenters. The van der Waals surface area contributed by atoms with Gasteiger partial charge in [0.05, 0.1) is 27.2 Å². The molecule has 2 rings (SSSR count). The van der Waals surface area contributed by atoms with Crippen LogP contribution in [0.4, 0.5) is 10.1 Å². The van der Waals surface area contributed by atoms with Crippen LogP contribution in [0.25, 0.3) is 0 Å². The van der Waals surface area contributed by atoms with Crippen molar-refractivity contribution in [3.05, 3.63) is 62.8 Å². The van der Waals surface area contributed by atoms with Crippen molar-refractivity contribution in [2.45, 2.75) is 6.42 Å². The Balaban J connectivity index is 1.85. The summed E-state index contributed by atoms with van der Waals surface area (Å²) in [5, 5.41) is 3.15. The normalized spacial score (nSPS) is 10.3. The number of carbonyl (C=O) groups is 2. The first-order chi connectivity index (χ1) is 11.3. The van der Waals surface area contributed by atoms with Gasteiger partial charge in [-0.15, -0.1) is 0 Å². The molecule has 0 aliphatic carbocycles. The first-order valence-corrected chi connectivity index (χ1v) is 7.83. The highest BCUT2D eigenvalue weighted by atomic mass is 35.5. The fourth-order valence-corrected chi connectivity index (χ4v) is 2.36. The van der Waals surface area contributed by atoms with Gasteiger partial charge < -0.3 is 10.1 Å². The van der Waals surface area contributed by atoms with Gasteiger partial charge >= 0.3 is 5.97 Å². The third kappa shape index (κ3) is 5.37. The standard InChI is InChI=1S/C16H11Cl3FNO3/c17-11-6-13(19)14(7-12(11)18)21-15(22)8-24-16(23)5-9-1-3-10(20)4-2-9/h1-4,6-7H,5,8H2,(H,21,22). The Hall–Kier alpha value is -1.82. The van der Waals surface area contributed by atoms with Gasteiger partial charge in [0.2, 0.25) is 0 Å². The number of benzene rings is 2. The highest BCUT2D eigenvalue weighted by Gasteiger charge is 2.12. The zero-order chi connectivity index (χ0) is 17.7. The molecule has 0 radical (unpaired) electrons. The van der Waals surface area contributed by atoms with E-state index in [1.54, 1.807) is 0 Å². The average Bonchev–Trinajstić information content (AvgIpc) is 2.53. The second-order valence-corrected chi connectivity index (χ2v) is 5.98. The second kappa shape index (κ2) is 8.33. The van der Waals surface area contributed by atoms with Crippen molar-refractivity contribution in [2.75, 3.05) is 11.9 Å². The van der Waals surface area contributed by atoms with Crippen LogP contribution in [0.15, 0.2) is 36.4 Å². The first kappa shape index (κ1) is 18.5. The van der Waals surface area contributed by atoms with Gasteiger partial charge in [0, 0.05) is 0 Å². The van der Waals surface area contributed by atoms with E-state index in [9.17, 15) is 14.0 Å². The van der Waals surface area contributed by atoms with Crippen LogP contribution in [0.3, 0.4) is 0 Å². The van der Waals surface area contributed by atoms with E-state index < -0.39 is 24.3 Å². The summed E-state index contributed by atoms with van der Waals surface area (Å²) in [4.78, 5) is 23.4. The van der Waals surface area contributed by atoms with Crippen molar-refractivity contribution in [3.8, 4) is 0 Å². The zero-order valence-corrected chi connectivity index (χ0v) is 14.4. The topological polar surface area (TPSA) is 55.4 Å². The molecular weight excluding hydrogens is 380 g/mol. The minimum Gasteiger partial charge on any atom is -0.455 e. The van der Waals surface area contributed by atoms with Gasteiger partial charge in [-0.25, -0.2) is 4.39 Å². The molecule has 8 heteroatoms. The fraction of sp³-hybridized carbons (Fsp3) is 0.125. The Bertz CT molecular complexity index is 766. The lowest BCUT2D eigenvalue weighted by Crippen LogP contribution is -2.21. The first-order valence-electron chi connectivity index (χ1n) is 6.69. The van der Waals surface area contributed by atoms with Crippen LogP contribution in [0.2, 0.25) is 15.1 Å². The fourth-order valence-electron chi connectivity index (χ4n) is 1.77. The van der Waals surface area contributed by atoms with Crippen LogP contribution < -0.4 is 5.32 Å². The van der Waals surface area contributed by atoms with E-state index in [0.717, 1.165) is 0 Å². The number of esters is 1. The second-order valence-electron chi connectivity index (χ2n) is 4.76. The third-order valence-corrected chi connectivity index (χ3v) is 3.94. The summed E-state index contributed by atoms with van der Waals surface area (Å²) in [6.07, 6.45) is -0.0684. The van der Waals surface area contributed by atoms with E-state index in [-0.39, 0.29) is 27.2 Å². The van der Waals surface area contributed by atoms with Gasteiger partial charge in [-0.3, -0.25) is 9.59 Å². The summed E-state index contributed by atoms with van der Waals surface area (Å²) in [5.41, 5.74) is 0.833. The maximum absolute atomic E-state index is 12.8. The quantitative estimate of drug-likeness (QED) is 0.604. The van der Waals surface area contributed by atoms with Crippen molar-refractivity contribution >= 4 is 52.4 Å². The zero-order valence-electron chi connectivity index (χ0n) is 12.1. The molecule has 2 aromatic rings. The average molecular weight is 391 g/mol. The number of hydrogen-bond acceptors (Lipinski definition) is 3. The van der Waals surface area contributed by atoms with Gasteiger partial charge in [-0.1, -0.05) is 46.9 Å². The number of hydrogen-bond donors (Lipinski definition) is 1. The predicted molar refractivity (Wildman–Crippen MR) is 91.2 cm³/mol. The number of amides is 1. The van der Waals surface area contributed by atoms with Gasteiger partial charge in [0.1, 0.15) is 5.82 Å². The number of ether oxygens (including phenoxy) is 1. The van der Waals surface area contributed by atoms with Crippen LogP contribution >= 0.6 is 34.8 Å². The van der Waals surface area contributed by atoms with Gasteiger partial charge in [-0.05, 0) is 29.8 Å². The van der Waals surface area contributed by atoms with E-state index in [0.29, 0.717) is 5.56 Å². The number of carbonyl (C=O) groups excluding carboxylic acids is 2. The van der Waals surface area contributed by atoms with Crippen molar-refractivity contribution < 1.29 is 18.7 Å².